The van der Waals surface area contributed by atoms with E-state index in [9.17, 15) is 4.79 Å². The predicted molar refractivity (Wildman–Crippen MR) is 62.5 cm³/mol. The molecule has 0 atom stereocenters. The number of unbranched alkanes of at least 4 members (excludes halogenated alkanes) is 2. The topological polar surface area (TPSA) is 17.1 Å². The summed E-state index contributed by atoms with van der Waals surface area (Å²) < 4.78 is 0. The van der Waals surface area contributed by atoms with Crippen LogP contribution in [0.25, 0.3) is 0 Å². The van der Waals surface area contributed by atoms with Gasteiger partial charge in [0.2, 0.25) is 0 Å². The van der Waals surface area contributed by atoms with E-state index in [1.54, 1.807) is 0 Å². The van der Waals surface area contributed by atoms with Gasteiger partial charge in [0.25, 0.3) is 0 Å². The van der Waals surface area contributed by atoms with Crippen molar-refractivity contribution in [3.63, 3.8) is 0 Å². The van der Waals surface area contributed by atoms with Crippen LogP contribution in [-0.2, 0) is 4.79 Å². The summed E-state index contributed by atoms with van der Waals surface area (Å²) in [6, 6.07) is 0. The molecular formula is C13H26O. The van der Waals surface area contributed by atoms with Crippen molar-refractivity contribution in [2.45, 2.75) is 72.6 Å². The number of hydrogen-bond donors (Lipinski definition) is 0. The van der Waals surface area contributed by atoms with E-state index in [-0.39, 0.29) is 0 Å². The lowest BCUT2D eigenvalue weighted by Crippen LogP contribution is -2.06. The van der Waals surface area contributed by atoms with E-state index >= 15 is 0 Å². The van der Waals surface area contributed by atoms with Crippen LogP contribution in [0.15, 0.2) is 0 Å². The maximum Gasteiger partial charge on any atom is 0.132 e. The van der Waals surface area contributed by atoms with Crippen LogP contribution >= 0.6 is 0 Å². The quantitative estimate of drug-likeness (QED) is 0.556. The summed E-state index contributed by atoms with van der Waals surface area (Å²) in [5.41, 5.74) is 0.379. The average Bonchev–Trinajstić information content (AvgIpc) is 2.02. The standard InChI is InChI=1S/C13H26O/c1-5-6-7-9-12(14)10-8-11-13(2,3)4/h5-11H2,1-4H3. The first kappa shape index (κ1) is 13.7. The molecule has 0 spiro atoms. The third-order valence-electron chi connectivity index (χ3n) is 2.44. The van der Waals surface area contributed by atoms with Gasteiger partial charge in [-0.3, -0.25) is 4.79 Å². The Balaban J connectivity index is 3.36. The number of hydrogen-bond acceptors (Lipinski definition) is 1. The van der Waals surface area contributed by atoms with Crippen molar-refractivity contribution in [2.75, 3.05) is 0 Å². The summed E-state index contributed by atoms with van der Waals surface area (Å²) in [5.74, 6) is 0.461. The largest absolute Gasteiger partial charge is 0.300 e. The molecule has 0 bridgehead atoms. The Morgan fingerprint density at radius 1 is 1.00 bits per heavy atom. The van der Waals surface area contributed by atoms with E-state index < -0.39 is 0 Å². The third-order valence-corrected chi connectivity index (χ3v) is 2.44. The fraction of sp³-hybridized carbons (Fsp3) is 0.923. The Morgan fingerprint density at radius 3 is 2.07 bits per heavy atom. The van der Waals surface area contributed by atoms with Gasteiger partial charge in [0.05, 0.1) is 0 Å². The third kappa shape index (κ3) is 9.76. The smallest absolute Gasteiger partial charge is 0.132 e. The first-order valence-corrected chi connectivity index (χ1v) is 5.97. The van der Waals surface area contributed by atoms with Gasteiger partial charge in [-0.1, -0.05) is 40.5 Å². The SMILES string of the molecule is CCCCCC(=O)CCCC(C)(C)C. The predicted octanol–water partition coefficient (Wildman–Crippen LogP) is 4.35. The number of rotatable bonds is 7. The molecule has 1 heteroatoms. The molecule has 0 amide bonds. The van der Waals surface area contributed by atoms with Gasteiger partial charge in [0, 0.05) is 12.8 Å². The van der Waals surface area contributed by atoms with E-state index in [4.69, 9.17) is 0 Å². The molecule has 0 aromatic heterocycles. The van der Waals surface area contributed by atoms with Crippen LogP contribution in [-0.4, -0.2) is 5.78 Å². The highest BCUT2D eigenvalue weighted by Crippen LogP contribution is 2.21. The first-order valence-electron chi connectivity index (χ1n) is 5.97. The molecule has 0 aliphatic carbocycles. The molecule has 0 unspecified atom stereocenters. The minimum atomic E-state index is 0.379. The minimum Gasteiger partial charge on any atom is -0.300 e. The summed E-state index contributed by atoms with van der Waals surface area (Å²) >= 11 is 0. The molecule has 14 heavy (non-hydrogen) atoms. The van der Waals surface area contributed by atoms with Gasteiger partial charge in [-0.15, -0.1) is 0 Å². The molecule has 0 saturated carbocycles. The number of carbonyl (C=O) groups is 1. The van der Waals surface area contributed by atoms with Crippen LogP contribution in [0.5, 0.6) is 0 Å². The molecule has 0 aromatic rings. The Morgan fingerprint density at radius 2 is 1.57 bits per heavy atom. The van der Waals surface area contributed by atoms with Crippen LogP contribution in [0, 0.1) is 5.41 Å². The molecule has 84 valence electrons. The average molecular weight is 198 g/mol. The number of carbonyl (C=O) groups excluding carboxylic acids is 1. The number of ketones is 1. The van der Waals surface area contributed by atoms with Gasteiger partial charge >= 0.3 is 0 Å². The second-order valence-electron chi connectivity index (χ2n) is 5.41. The summed E-state index contributed by atoms with van der Waals surface area (Å²) in [4.78, 5) is 11.4. The fourth-order valence-corrected chi connectivity index (χ4v) is 1.51. The van der Waals surface area contributed by atoms with E-state index in [1.807, 2.05) is 0 Å². The summed E-state index contributed by atoms with van der Waals surface area (Å²) in [5, 5.41) is 0. The highest BCUT2D eigenvalue weighted by molar-refractivity contribution is 5.78. The molecule has 0 heterocycles. The van der Waals surface area contributed by atoms with E-state index in [0.717, 1.165) is 32.1 Å². The van der Waals surface area contributed by atoms with Crippen LogP contribution in [0.3, 0.4) is 0 Å². The lowest BCUT2D eigenvalue weighted by molar-refractivity contribution is -0.119. The van der Waals surface area contributed by atoms with Crippen molar-refractivity contribution in [3.05, 3.63) is 0 Å². The molecule has 0 aliphatic rings. The number of Topliss-reactive ketones (excluding diaryl/α,β-unsaturated/α-hetero) is 1. The zero-order chi connectivity index (χ0) is 11.0. The lowest BCUT2D eigenvalue weighted by atomic mass is 9.89. The van der Waals surface area contributed by atoms with Crippen molar-refractivity contribution in [1.82, 2.24) is 0 Å². The van der Waals surface area contributed by atoms with Crippen molar-refractivity contribution in [3.8, 4) is 0 Å². The van der Waals surface area contributed by atoms with Crippen LogP contribution < -0.4 is 0 Å². The Kier molecular flexibility index (Phi) is 6.86. The molecular weight excluding hydrogens is 172 g/mol. The summed E-state index contributed by atoms with van der Waals surface area (Å²) in [6.45, 7) is 8.86. The molecule has 0 radical (unpaired) electrons. The van der Waals surface area contributed by atoms with Crippen molar-refractivity contribution in [1.29, 1.82) is 0 Å². The molecule has 0 saturated heterocycles. The molecule has 0 aliphatic heterocycles. The zero-order valence-electron chi connectivity index (χ0n) is 10.4. The van der Waals surface area contributed by atoms with Gasteiger partial charge < -0.3 is 0 Å². The maximum atomic E-state index is 11.4. The van der Waals surface area contributed by atoms with Crippen molar-refractivity contribution >= 4 is 5.78 Å². The van der Waals surface area contributed by atoms with Crippen molar-refractivity contribution in [2.24, 2.45) is 5.41 Å². The maximum absolute atomic E-state index is 11.4. The van der Waals surface area contributed by atoms with Crippen LogP contribution in [0.2, 0.25) is 0 Å². The normalized spacial score (nSPS) is 11.7. The molecule has 0 fully saturated rings. The second kappa shape index (κ2) is 7.03. The fourth-order valence-electron chi connectivity index (χ4n) is 1.51. The van der Waals surface area contributed by atoms with E-state index in [0.29, 0.717) is 11.2 Å². The Bertz CT molecular complexity index is 153. The van der Waals surface area contributed by atoms with Gasteiger partial charge in [-0.2, -0.15) is 0 Å². The highest BCUT2D eigenvalue weighted by atomic mass is 16.1. The van der Waals surface area contributed by atoms with Crippen molar-refractivity contribution < 1.29 is 4.79 Å². The summed E-state index contributed by atoms with van der Waals surface area (Å²) in [7, 11) is 0. The summed E-state index contributed by atoms with van der Waals surface area (Å²) in [6.07, 6.45) is 7.31. The minimum absolute atomic E-state index is 0.379. The van der Waals surface area contributed by atoms with Crippen LogP contribution in [0.4, 0.5) is 0 Å². The van der Waals surface area contributed by atoms with Gasteiger partial charge in [0.15, 0.2) is 0 Å². The van der Waals surface area contributed by atoms with Gasteiger partial charge in [-0.25, -0.2) is 0 Å². The highest BCUT2D eigenvalue weighted by Gasteiger charge is 2.10. The monoisotopic (exact) mass is 198 g/mol. The van der Waals surface area contributed by atoms with Gasteiger partial charge in [0.1, 0.15) is 5.78 Å². The van der Waals surface area contributed by atoms with Gasteiger partial charge in [-0.05, 0) is 24.7 Å². The van der Waals surface area contributed by atoms with Crippen LogP contribution in [0.1, 0.15) is 72.6 Å². The zero-order valence-corrected chi connectivity index (χ0v) is 10.4. The Hall–Kier alpha value is -0.330. The first-order chi connectivity index (χ1) is 6.45. The lowest BCUT2D eigenvalue weighted by Gasteiger charge is -2.17. The molecule has 0 rings (SSSR count). The van der Waals surface area contributed by atoms with E-state index in [1.165, 1.54) is 12.8 Å². The molecule has 1 nitrogen and oxygen atoms in total. The van der Waals surface area contributed by atoms with E-state index in [2.05, 4.69) is 27.7 Å². The molecule has 0 aromatic carbocycles. The second-order valence-corrected chi connectivity index (χ2v) is 5.41. The Labute approximate surface area is 89.3 Å². The molecule has 0 N–H and O–H groups in total.